The summed E-state index contributed by atoms with van der Waals surface area (Å²) in [5, 5.41) is 3.20. The minimum Gasteiger partial charge on any atom is -0.340 e. The van der Waals surface area contributed by atoms with Crippen molar-refractivity contribution in [3.8, 4) is 0 Å². The lowest BCUT2D eigenvalue weighted by atomic mass is 10.3. The third-order valence-electron chi connectivity index (χ3n) is 1.73. The van der Waals surface area contributed by atoms with Crippen molar-refractivity contribution in [2.75, 3.05) is 5.32 Å². The minimum absolute atomic E-state index is 0.769. The van der Waals surface area contributed by atoms with Gasteiger partial charge in [0.05, 0.1) is 0 Å². The molecule has 0 bridgehead atoms. The number of hydrogen-bond acceptors (Lipinski definition) is 3. The highest BCUT2D eigenvalue weighted by molar-refractivity contribution is 14.1. The fraction of sp³-hybridized carbons (Fsp3) is 0. The van der Waals surface area contributed by atoms with Crippen molar-refractivity contribution in [3.05, 3.63) is 44.8 Å². The molecule has 0 fully saturated rings. The molecule has 0 spiro atoms. The Hall–Kier alpha value is -0.690. The van der Waals surface area contributed by atoms with E-state index in [1.54, 1.807) is 0 Å². The van der Waals surface area contributed by atoms with Crippen molar-refractivity contribution in [2.45, 2.75) is 0 Å². The molecule has 1 aromatic heterocycles. The van der Waals surface area contributed by atoms with Crippen molar-refractivity contribution in [1.82, 2.24) is 9.97 Å². The van der Waals surface area contributed by atoms with E-state index in [0.29, 0.717) is 0 Å². The van der Waals surface area contributed by atoms with E-state index in [9.17, 15) is 0 Å². The summed E-state index contributed by atoms with van der Waals surface area (Å²) in [5.41, 5.74) is 1.02. The van der Waals surface area contributed by atoms with Gasteiger partial charge in [0.15, 0.2) is 0 Å². The van der Waals surface area contributed by atoms with Gasteiger partial charge in [0.2, 0.25) is 0 Å². The van der Waals surface area contributed by atoms with Gasteiger partial charge in [-0.1, -0.05) is 6.07 Å². The quantitative estimate of drug-likeness (QED) is 0.643. The molecule has 0 aliphatic heterocycles. The van der Waals surface area contributed by atoms with Crippen LogP contribution < -0.4 is 5.32 Å². The Labute approximate surface area is 110 Å². The molecule has 0 unspecified atom stereocenters. The number of anilines is 2. The maximum atomic E-state index is 4.11. The van der Waals surface area contributed by atoms with Crippen LogP contribution in [0.15, 0.2) is 41.3 Å². The van der Waals surface area contributed by atoms with Crippen LogP contribution in [0.2, 0.25) is 0 Å². The number of nitrogens with one attached hydrogen (secondary N) is 1. The van der Waals surface area contributed by atoms with Gasteiger partial charge >= 0.3 is 0 Å². The van der Waals surface area contributed by atoms with Crippen LogP contribution in [-0.4, -0.2) is 9.97 Å². The van der Waals surface area contributed by atoms with Crippen molar-refractivity contribution in [1.29, 1.82) is 0 Å². The van der Waals surface area contributed by atoms with Crippen LogP contribution in [0.3, 0.4) is 0 Å². The number of aromatic nitrogens is 2. The molecule has 2 aromatic rings. The zero-order valence-corrected chi connectivity index (χ0v) is 11.4. The van der Waals surface area contributed by atoms with Crippen molar-refractivity contribution in [2.24, 2.45) is 0 Å². The third-order valence-corrected chi connectivity index (χ3v) is 2.84. The van der Waals surface area contributed by atoms with Crippen molar-refractivity contribution >= 4 is 50.0 Å². The summed E-state index contributed by atoms with van der Waals surface area (Å²) in [4.78, 5) is 8.07. The number of nitrogens with zero attached hydrogens (tertiary/aromatic N) is 2. The highest BCUT2D eigenvalue weighted by Gasteiger charge is 1.97. The van der Waals surface area contributed by atoms with Crippen LogP contribution >= 0.6 is 38.5 Å². The Morgan fingerprint density at radius 3 is 2.80 bits per heavy atom. The molecule has 3 nitrogen and oxygen atoms in total. The lowest BCUT2D eigenvalue weighted by Crippen LogP contribution is -1.94. The Morgan fingerprint density at radius 2 is 2.07 bits per heavy atom. The molecule has 0 radical (unpaired) electrons. The first-order valence-electron chi connectivity index (χ1n) is 4.24. The molecule has 2 rings (SSSR count). The third kappa shape index (κ3) is 3.13. The largest absolute Gasteiger partial charge is 0.340 e. The normalized spacial score (nSPS) is 10.0. The molecule has 0 saturated heterocycles. The maximum Gasteiger partial charge on any atom is 0.134 e. The maximum absolute atomic E-state index is 4.11. The van der Waals surface area contributed by atoms with Crippen LogP contribution in [0, 0.1) is 3.57 Å². The van der Waals surface area contributed by atoms with Crippen LogP contribution in [0.25, 0.3) is 0 Å². The molecular weight excluding hydrogens is 369 g/mol. The lowest BCUT2D eigenvalue weighted by Gasteiger charge is -2.05. The second kappa shape index (κ2) is 4.89. The van der Waals surface area contributed by atoms with Gasteiger partial charge in [0.1, 0.15) is 16.7 Å². The monoisotopic (exact) mass is 375 g/mol. The van der Waals surface area contributed by atoms with Crippen LogP contribution in [0.5, 0.6) is 0 Å². The molecule has 0 atom stereocenters. The zero-order chi connectivity index (χ0) is 10.7. The summed E-state index contributed by atoms with van der Waals surface area (Å²) in [7, 11) is 0. The van der Waals surface area contributed by atoms with Crippen LogP contribution in [-0.2, 0) is 0 Å². The minimum atomic E-state index is 0.769. The van der Waals surface area contributed by atoms with Gasteiger partial charge in [-0.15, -0.1) is 0 Å². The average Bonchev–Trinajstić information content (AvgIpc) is 2.17. The molecule has 0 saturated carbocycles. The van der Waals surface area contributed by atoms with Gasteiger partial charge in [0.25, 0.3) is 0 Å². The topological polar surface area (TPSA) is 37.8 Å². The molecule has 0 aliphatic carbocycles. The second-order valence-electron chi connectivity index (χ2n) is 2.86. The first-order chi connectivity index (χ1) is 7.24. The standard InChI is InChI=1S/C10H7BrIN3/c11-9-5-10(14-6-13-9)15-8-3-1-2-7(12)4-8/h1-6H,(H,13,14,15). The van der Waals surface area contributed by atoms with E-state index in [0.717, 1.165) is 16.1 Å². The molecule has 15 heavy (non-hydrogen) atoms. The van der Waals surface area contributed by atoms with E-state index >= 15 is 0 Å². The van der Waals surface area contributed by atoms with Gasteiger partial charge in [0, 0.05) is 15.3 Å². The van der Waals surface area contributed by atoms with Gasteiger partial charge in [-0.05, 0) is 56.7 Å². The molecule has 76 valence electrons. The Morgan fingerprint density at radius 1 is 1.20 bits per heavy atom. The first kappa shape index (κ1) is 10.8. The number of halogens is 2. The molecule has 1 N–H and O–H groups in total. The van der Waals surface area contributed by atoms with Crippen molar-refractivity contribution in [3.63, 3.8) is 0 Å². The molecule has 5 heteroatoms. The first-order valence-corrected chi connectivity index (χ1v) is 6.11. The summed E-state index contributed by atoms with van der Waals surface area (Å²) in [6, 6.07) is 9.93. The van der Waals surface area contributed by atoms with E-state index in [-0.39, 0.29) is 0 Å². The predicted octanol–water partition coefficient (Wildman–Crippen LogP) is 3.59. The van der Waals surface area contributed by atoms with E-state index in [1.165, 1.54) is 9.90 Å². The molecular formula is C10H7BrIN3. The van der Waals surface area contributed by atoms with Gasteiger partial charge in [-0.2, -0.15) is 0 Å². The van der Waals surface area contributed by atoms with Crippen LogP contribution in [0.1, 0.15) is 0 Å². The number of hydrogen-bond donors (Lipinski definition) is 1. The average molecular weight is 376 g/mol. The van der Waals surface area contributed by atoms with Crippen molar-refractivity contribution < 1.29 is 0 Å². The summed E-state index contributed by atoms with van der Waals surface area (Å²) in [5.74, 6) is 0.777. The fourth-order valence-corrected chi connectivity index (χ4v) is 1.97. The number of benzene rings is 1. The fourth-order valence-electron chi connectivity index (χ4n) is 1.12. The molecule has 1 heterocycles. The highest BCUT2D eigenvalue weighted by atomic mass is 127. The summed E-state index contributed by atoms with van der Waals surface area (Å²) < 4.78 is 1.95. The summed E-state index contributed by atoms with van der Waals surface area (Å²) in [6.07, 6.45) is 1.51. The SMILES string of the molecule is Brc1cc(Nc2cccc(I)c2)ncn1. The number of rotatable bonds is 2. The van der Waals surface area contributed by atoms with Gasteiger partial charge in [-0.3, -0.25) is 0 Å². The second-order valence-corrected chi connectivity index (χ2v) is 4.92. The smallest absolute Gasteiger partial charge is 0.134 e. The van der Waals surface area contributed by atoms with E-state index in [2.05, 4.69) is 59.9 Å². The Balaban J connectivity index is 2.22. The lowest BCUT2D eigenvalue weighted by molar-refractivity contribution is 1.14. The summed E-state index contributed by atoms with van der Waals surface area (Å²) >= 11 is 5.57. The molecule has 0 amide bonds. The molecule has 0 aliphatic rings. The van der Waals surface area contributed by atoms with Gasteiger partial charge < -0.3 is 5.32 Å². The molecule has 1 aromatic carbocycles. The Bertz CT molecular complexity index is 432. The van der Waals surface area contributed by atoms with Crippen LogP contribution in [0.4, 0.5) is 11.5 Å². The Kier molecular flexibility index (Phi) is 3.53. The predicted molar refractivity (Wildman–Crippen MR) is 72.2 cm³/mol. The van der Waals surface area contributed by atoms with E-state index < -0.39 is 0 Å². The van der Waals surface area contributed by atoms with E-state index in [1.807, 2.05) is 24.3 Å². The zero-order valence-electron chi connectivity index (χ0n) is 7.61. The van der Waals surface area contributed by atoms with E-state index in [4.69, 9.17) is 0 Å². The summed E-state index contributed by atoms with van der Waals surface area (Å²) in [6.45, 7) is 0. The highest BCUT2D eigenvalue weighted by Crippen LogP contribution is 2.18. The van der Waals surface area contributed by atoms with Gasteiger partial charge in [-0.25, -0.2) is 9.97 Å².